The number of para-hydroxylation sites is 1. The number of hydrogen-bond acceptors (Lipinski definition) is 2. The van der Waals surface area contributed by atoms with Crippen LogP contribution in [-0.2, 0) is 7.05 Å². The third-order valence-corrected chi connectivity index (χ3v) is 3.31. The number of aromatic nitrogens is 2. The van der Waals surface area contributed by atoms with E-state index in [1.54, 1.807) is 6.07 Å². The SMILES string of the molecule is Cc1cccc(-c2nc3c(C#N)cccc3n2C)c1. The Morgan fingerprint density at radius 3 is 2.68 bits per heavy atom. The maximum Gasteiger partial charge on any atom is 0.140 e. The van der Waals surface area contributed by atoms with Gasteiger partial charge in [-0.05, 0) is 25.1 Å². The molecule has 0 aliphatic heterocycles. The van der Waals surface area contributed by atoms with Gasteiger partial charge in [-0.2, -0.15) is 5.26 Å². The molecule has 0 aliphatic carbocycles. The molecule has 0 unspecified atom stereocenters. The van der Waals surface area contributed by atoms with E-state index in [9.17, 15) is 0 Å². The molecule has 0 N–H and O–H groups in total. The zero-order chi connectivity index (χ0) is 13.4. The van der Waals surface area contributed by atoms with Gasteiger partial charge >= 0.3 is 0 Å². The number of benzene rings is 2. The van der Waals surface area contributed by atoms with Crippen molar-refractivity contribution in [1.82, 2.24) is 9.55 Å². The Kier molecular flexibility index (Phi) is 2.57. The van der Waals surface area contributed by atoms with Crippen LogP contribution in [0.5, 0.6) is 0 Å². The topological polar surface area (TPSA) is 41.6 Å². The lowest BCUT2D eigenvalue weighted by molar-refractivity contribution is 0.959. The lowest BCUT2D eigenvalue weighted by Gasteiger charge is -2.03. The Morgan fingerprint density at radius 2 is 1.95 bits per heavy atom. The predicted molar refractivity (Wildman–Crippen MR) is 75.6 cm³/mol. The Bertz CT molecular complexity index is 806. The van der Waals surface area contributed by atoms with E-state index in [-0.39, 0.29) is 0 Å². The van der Waals surface area contributed by atoms with Gasteiger partial charge in [-0.3, -0.25) is 0 Å². The average molecular weight is 247 g/mol. The van der Waals surface area contributed by atoms with Gasteiger partial charge < -0.3 is 4.57 Å². The molecule has 0 fully saturated rings. The van der Waals surface area contributed by atoms with Crippen LogP contribution in [0.4, 0.5) is 0 Å². The van der Waals surface area contributed by atoms with Crippen molar-refractivity contribution >= 4 is 11.0 Å². The van der Waals surface area contributed by atoms with Crippen LogP contribution in [0.15, 0.2) is 42.5 Å². The van der Waals surface area contributed by atoms with Crippen LogP contribution in [0.2, 0.25) is 0 Å². The first-order valence-electron chi connectivity index (χ1n) is 6.13. The smallest absolute Gasteiger partial charge is 0.140 e. The molecule has 1 aromatic heterocycles. The summed E-state index contributed by atoms with van der Waals surface area (Å²) in [6, 6.07) is 16.1. The molecule has 3 nitrogen and oxygen atoms in total. The van der Waals surface area contributed by atoms with Gasteiger partial charge in [-0.15, -0.1) is 0 Å². The molecule has 0 saturated carbocycles. The maximum atomic E-state index is 9.15. The highest BCUT2D eigenvalue weighted by atomic mass is 15.1. The van der Waals surface area contributed by atoms with E-state index >= 15 is 0 Å². The fourth-order valence-electron chi connectivity index (χ4n) is 2.35. The van der Waals surface area contributed by atoms with Gasteiger partial charge in [0.2, 0.25) is 0 Å². The van der Waals surface area contributed by atoms with E-state index < -0.39 is 0 Å². The number of rotatable bonds is 1. The van der Waals surface area contributed by atoms with E-state index in [0.29, 0.717) is 5.56 Å². The van der Waals surface area contributed by atoms with Gasteiger partial charge in [0.15, 0.2) is 0 Å². The number of nitriles is 1. The molecule has 3 rings (SSSR count). The molecule has 3 heteroatoms. The van der Waals surface area contributed by atoms with Crippen molar-refractivity contribution in [3.8, 4) is 17.5 Å². The zero-order valence-electron chi connectivity index (χ0n) is 10.9. The van der Waals surface area contributed by atoms with E-state index in [2.05, 4.69) is 30.1 Å². The number of imidazole rings is 1. The van der Waals surface area contributed by atoms with Crippen LogP contribution in [0.25, 0.3) is 22.4 Å². The summed E-state index contributed by atoms with van der Waals surface area (Å²) in [5.74, 6) is 0.890. The molecular formula is C16H13N3. The van der Waals surface area contributed by atoms with Gasteiger partial charge in [0, 0.05) is 12.6 Å². The van der Waals surface area contributed by atoms with Gasteiger partial charge in [-0.1, -0.05) is 29.8 Å². The van der Waals surface area contributed by atoms with Crippen molar-refractivity contribution in [1.29, 1.82) is 5.26 Å². The first-order chi connectivity index (χ1) is 9.20. The van der Waals surface area contributed by atoms with Gasteiger partial charge in [-0.25, -0.2) is 4.98 Å². The summed E-state index contributed by atoms with van der Waals surface area (Å²) in [7, 11) is 1.98. The Morgan fingerprint density at radius 1 is 1.16 bits per heavy atom. The molecule has 2 aromatic carbocycles. The molecule has 92 valence electrons. The van der Waals surface area contributed by atoms with Crippen molar-refractivity contribution in [3.05, 3.63) is 53.6 Å². The molecule has 0 saturated heterocycles. The second-order valence-corrected chi connectivity index (χ2v) is 4.65. The highest BCUT2D eigenvalue weighted by Gasteiger charge is 2.12. The summed E-state index contributed by atoms with van der Waals surface area (Å²) >= 11 is 0. The summed E-state index contributed by atoms with van der Waals surface area (Å²) in [6.45, 7) is 2.06. The van der Waals surface area contributed by atoms with Crippen molar-refractivity contribution in [2.24, 2.45) is 7.05 Å². The van der Waals surface area contributed by atoms with Gasteiger partial charge in [0.1, 0.15) is 17.4 Å². The molecule has 0 radical (unpaired) electrons. The van der Waals surface area contributed by atoms with E-state index in [1.807, 2.05) is 35.9 Å². The van der Waals surface area contributed by atoms with Crippen molar-refractivity contribution in [2.45, 2.75) is 6.92 Å². The molecule has 0 bridgehead atoms. The molecule has 19 heavy (non-hydrogen) atoms. The minimum absolute atomic E-state index is 0.618. The van der Waals surface area contributed by atoms with Crippen molar-refractivity contribution < 1.29 is 0 Å². The van der Waals surface area contributed by atoms with E-state index in [1.165, 1.54) is 5.56 Å². The van der Waals surface area contributed by atoms with Crippen LogP contribution in [-0.4, -0.2) is 9.55 Å². The lowest BCUT2D eigenvalue weighted by atomic mass is 10.1. The third-order valence-electron chi connectivity index (χ3n) is 3.31. The first-order valence-corrected chi connectivity index (χ1v) is 6.13. The van der Waals surface area contributed by atoms with Crippen LogP contribution in [0.3, 0.4) is 0 Å². The Balaban J connectivity index is 2.32. The molecule has 0 aliphatic rings. The summed E-state index contributed by atoms with van der Waals surface area (Å²) in [6.07, 6.45) is 0. The predicted octanol–water partition coefficient (Wildman–Crippen LogP) is 3.42. The molecule has 0 spiro atoms. The monoisotopic (exact) mass is 247 g/mol. The van der Waals surface area contributed by atoms with Crippen molar-refractivity contribution in [2.75, 3.05) is 0 Å². The molecule has 0 atom stereocenters. The van der Waals surface area contributed by atoms with Crippen LogP contribution >= 0.6 is 0 Å². The summed E-state index contributed by atoms with van der Waals surface area (Å²) < 4.78 is 2.03. The van der Waals surface area contributed by atoms with Crippen molar-refractivity contribution in [3.63, 3.8) is 0 Å². The number of hydrogen-bond donors (Lipinski definition) is 0. The quantitative estimate of drug-likeness (QED) is 0.661. The Hall–Kier alpha value is -2.60. The number of nitrogens with zero attached hydrogens (tertiary/aromatic N) is 3. The van der Waals surface area contributed by atoms with Crippen LogP contribution in [0.1, 0.15) is 11.1 Å². The fourth-order valence-corrected chi connectivity index (χ4v) is 2.35. The molecule has 1 heterocycles. The minimum atomic E-state index is 0.618. The fraction of sp³-hybridized carbons (Fsp3) is 0.125. The molecular weight excluding hydrogens is 234 g/mol. The highest BCUT2D eigenvalue weighted by Crippen LogP contribution is 2.25. The van der Waals surface area contributed by atoms with E-state index in [0.717, 1.165) is 22.4 Å². The first kappa shape index (κ1) is 11.5. The second-order valence-electron chi connectivity index (χ2n) is 4.65. The lowest BCUT2D eigenvalue weighted by Crippen LogP contribution is -1.92. The summed E-state index contributed by atoms with van der Waals surface area (Å²) in [4.78, 5) is 4.63. The normalized spacial score (nSPS) is 10.6. The zero-order valence-corrected chi connectivity index (χ0v) is 10.9. The highest BCUT2D eigenvalue weighted by molar-refractivity contribution is 5.85. The molecule has 0 amide bonds. The van der Waals surface area contributed by atoms with E-state index in [4.69, 9.17) is 5.26 Å². The van der Waals surface area contributed by atoms with Crippen LogP contribution in [0, 0.1) is 18.3 Å². The second kappa shape index (κ2) is 4.25. The number of fused-ring (bicyclic) bond motifs is 1. The summed E-state index contributed by atoms with van der Waals surface area (Å²) in [5, 5.41) is 9.15. The summed E-state index contributed by atoms with van der Waals surface area (Å²) in [5.41, 5.74) is 4.64. The van der Waals surface area contributed by atoms with Gasteiger partial charge in [0.25, 0.3) is 0 Å². The minimum Gasteiger partial charge on any atom is -0.327 e. The Labute approximate surface area is 111 Å². The standard InChI is InChI=1S/C16H13N3/c1-11-5-3-6-12(9-11)16-18-15-13(10-17)7-4-8-14(15)19(16)2/h3-9H,1-2H3. The van der Waals surface area contributed by atoms with Gasteiger partial charge in [0.05, 0.1) is 11.1 Å². The molecule has 3 aromatic rings. The van der Waals surface area contributed by atoms with Crippen LogP contribution < -0.4 is 0 Å². The third kappa shape index (κ3) is 1.78. The largest absolute Gasteiger partial charge is 0.327 e. The number of aryl methyl sites for hydroxylation is 2. The average Bonchev–Trinajstić information content (AvgIpc) is 2.76. The maximum absolute atomic E-state index is 9.15.